The standard InChI is InChI=1S/C20H26N6O2/c1-28-17-6-4-5-16(15-17)24-20(21)23-10-8-19(27)26-13-11-25(12-14-26)18-7-2-3-9-22-18/h2-7,9,15H,8,10-14H2,1H3,(H3,21,23,24). The summed E-state index contributed by atoms with van der Waals surface area (Å²) < 4.78 is 5.17. The molecule has 1 aliphatic heterocycles. The third kappa shape index (κ3) is 5.35. The van der Waals surface area contributed by atoms with Crippen LogP contribution in [0.2, 0.25) is 0 Å². The van der Waals surface area contributed by atoms with Crippen LogP contribution in [0.1, 0.15) is 6.42 Å². The lowest BCUT2D eigenvalue weighted by Gasteiger charge is -2.35. The van der Waals surface area contributed by atoms with Crippen LogP contribution in [0.15, 0.2) is 53.7 Å². The number of nitrogens with zero attached hydrogens (tertiary/aromatic N) is 4. The number of amides is 1. The van der Waals surface area contributed by atoms with E-state index in [1.165, 1.54) is 0 Å². The van der Waals surface area contributed by atoms with Crippen LogP contribution >= 0.6 is 0 Å². The molecule has 0 bridgehead atoms. The zero-order valence-electron chi connectivity index (χ0n) is 16.0. The van der Waals surface area contributed by atoms with Crippen molar-refractivity contribution in [3.8, 4) is 5.75 Å². The molecule has 148 valence electrons. The molecule has 1 fully saturated rings. The number of pyridine rings is 1. The molecular formula is C20H26N6O2. The summed E-state index contributed by atoms with van der Waals surface area (Å²) in [5, 5.41) is 3.00. The number of hydrogen-bond donors (Lipinski definition) is 2. The summed E-state index contributed by atoms with van der Waals surface area (Å²) in [5.41, 5.74) is 6.69. The Balaban J connectivity index is 1.42. The molecule has 0 saturated carbocycles. The summed E-state index contributed by atoms with van der Waals surface area (Å²) in [6.45, 7) is 3.30. The molecule has 28 heavy (non-hydrogen) atoms. The second-order valence-corrected chi connectivity index (χ2v) is 6.43. The molecular weight excluding hydrogens is 356 g/mol. The molecule has 1 aromatic carbocycles. The Hall–Kier alpha value is -3.29. The van der Waals surface area contributed by atoms with Gasteiger partial charge >= 0.3 is 0 Å². The van der Waals surface area contributed by atoms with E-state index in [2.05, 4.69) is 20.2 Å². The van der Waals surface area contributed by atoms with Crippen LogP contribution in [0.3, 0.4) is 0 Å². The highest BCUT2D eigenvalue weighted by Gasteiger charge is 2.21. The van der Waals surface area contributed by atoms with Crippen LogP contribution < -0.4 is 20.7 Å². The van der Waals surface area contributed by atoms with Gasteiger partial charge in [-0.05, 0) is 24.3 Å². The first-order chi connectivity index (χ1) is 13.7. The smallest absolute Gasteiger partial charge is 0.224 e. The molecule has 0 aliphatic carbocycles. The van der Waals surface area contributed by atoms with E-state index in [0.29, 0.717) is 26.1 Å². The minimum atomic E-state index is 0.0959. The van der Waals surface area contributed by atoms with Gasteiger partial charge in [-0.2, -0.15) is 0 Å². The zero-order chi connectivity index (χ0) is 19.8. The van der Waals surface area contributed by atoms with Gasteiger partial charge in [0.15, 0.2) is 5.96 Å². The van der Waals surface area contributed by atoms with Crippen LogP contribution in [-0.4, -0.2) is 61.6 Å². The summed E-state index contributed by atoms with van der Waals surface area (Å²) >= 11 is 0. The highest BCUT2D eigenvalue weighted by molar-refractivity contribution is 5.92. The Morgan fingerprint density at radius 3 is 2.75 bits per heavy atom. The second kappa shape index (κ2) is 9.59. The van der Waals surface area contributed by atoms with E-state index >= 15 is 0 Å². The number of carbonyl (C=O) groups is 1. The molecule has 3 rings (SSSR count). The van der Waals surface area contributed by atoms with E-state index < -0.39 is 0 Å². The van der Waals surface area contributed by atoms with Crippen molar-refractivity contribution < 1.29 is 9.53 Å². The van der Waals surface area contributed by atoms with Crippen molar-refractivity contribution in [3.63, 3.8) is 0 Å². The number of hydrogen-bond acceptors (Lipinski definition) is 5. The number of ether oxygens (including phenoxy) is 1. The van der Waals surface area contributed by atoms with E-state index in [1.807, 2.05) is 47.4 Å². The van der Waals surface area contributed by atoms with Gasteiger partial charge in [0.2, 0.25) is 5.91 Å². The number of methoxy groups -OCH3 is 1. The molecule has 0 atom stereocenters. The summed E-state index contributed by atoms with van der Waals surface area (Å²) in [7, 11) is 1.61. The van der Waals surface area contributed by atoms with E-state index in [4.69, 9.17) is 10.5 Å². The van der Waals surface area contributed by atoms with Gasteiger partial charge in [0, 0.05) is 50.6 Å². The zero-order valence-corrected chi connectivity index (χ0v) is 16.0. The minimum absolute atomic E-state index is 0.0959. The number of carbonyl (C=O) groups excluding carboxylic acids is 1. The van der Waals surface area contributed by atoms with E-state index in [1.54, 1.807) is 13.3 Å². The number of nitrogens with one attached hydrogen (secondary N) is 1. The largest absolute Gasteiger partial charge is 0.497 e. The van der Waals surface area contributed by atoms with Crippen molar-refractivity contribution in [2.45, 2.75) is 6.42 Å². The van der Waals surface area contributed by atoms with Gasteiger partial charge < -0.3 is 25.6 Å². The van der Waals surface area contributed by atoms with Gasteiger partial charge in [-0.15, -0.1) is 0 Å². The van der Waals surface area contributed by atoms with Crippen molar-refractivity contribution in [2.24, 2.45) is 10.7 Å². The molecule has 3 N–H and O–H groups in total. The average Bonchev–Trinajstić information content (AvgIpc) is 2.74. The quantitative estimate of drug-likeness (QED) is 0.581. The first-order valence-electron chi connectivity index (χ1n) is 9.30. The molecule has 8 nitrogen and oxygen atoms in total. The lowest BCUT2D eigenvalue weighted by molar-refractivity contribution is -0.131. The fourth-order valence-corrected chi connectivity index (χ4v) is 3.04. The highest BCUT2D eigenvalue weighted by atomic mass is 16.5. The third-order valence-corrected chi connectivity index (χ3v) is 4.56. The SMILES string of the molecule is COc1cccc(NC(N)=NCCC(=O)N2CCN(c3ccccn3)CC2)c1. The van der Waals surface area contributed by atoms with Crippen LogP contribution in [0.25, 0.3) is 0 Å². The second-order valence-electron chi connectivity index (χ2n) is 6.43. The number of aliphatic imine (C=N–C) groups is 1. The molecule has 0 radical (unpaired) electrons. The monoisotopic (exact) mass is 382 g/mol. The Morgan fingerprint density at radius 1 is 1.21 bits per heavy atom. The van der Waals surface area contributed by atoms with Gasteiger partial charge in [-0.1, -0.05) is 12.1 Å². The first kappa shape index (κ1) is 19.5. The number of nitrogens with two attached hydrogens (primary N) is 1. The normalized spacial score (nSPS) is 14.7. The third-order valence-electron chi connectivity index (χ3n) is 4.56. The van der Waals surface area contributed by atoms with Crippen molar-refractivity contribution in [1.29, 1.82) is 0 Å². The first-order valence-corrected chi connectivity index (χ1v) is 9.30. The maximum Gasteiger partial charge on any atom is 0.224 e. The van der Waals surface area contributed by atoms with Crippen molar-refractivity contribution >= 4 is 23.4 Å². The molecule has 1 saturated heterocycles. The van der Waals surface area contributed by atoms with Gasteiger partial charge in [0.25, 0.3) is 0 Å². The molecule has 2 aromatic rings. The van der Waals surface area contributed by atoms with Crippen LogP contribution in [0, 0.1) is 0 Å². The Morgan fingerprint density at radius 2 is 2.04 bits per heavy atom. The van der Waals surface area contributed by atoms with Gasteiger partial charge in [-0.25, -0.2) is 4.98 Å². The predicted octanol–water partition coefficient (Wildman–Crippen LogP) is 1.56. The number of piperazine rings is 1. The lowest BCUT2D eigenvalue weighted by Crippen LogP contribution is -2.49. The molecule has 0 spiro atoms. The topological polar surface area (TPSA) is 96.1 Å². The molecule has 2 heterocycles. The predicted molar refractivity (Wildman–Crippen MR) is 111 cm³/mol. The minimum Gasteiger partial charge on any atom is -0.497 e. The Bertz CT molecular complexity index is 803. The fraction of sp³-hybridized carbons (Fsp3) is 0.350. The molecule has 1 aromatic heterocycles. The van der Waals surface area contributed by atoms with Crippen LogP contribution in [0.4, 0.5) is 11.5 Å². The van der Waals surface area contributed by atoms with Crippen LogP contribution in [0.5, 0.6) is 5.75 Å². The number of benzene rings is 1. The number of guanidine groups is 1. The van der Waals surface area contributed by atoms with Gasteiger partial charge in [-0.3, -0.25) is 9.79 Å². The molecule has 1 amide bonds. The van der Waals surface area contributed by atoms with E-state index in [9.17, 15) is 4.79 Å². The molecule has 1 aliphatic rings. The lowest BCUT2D eigenvalue weighted by atomic mass is 10.2. The fourth-order valence-electron chi connectivity index (χ4n) is 3.04. The maximum absolute atomic E-state index is 12.4. The maximum atomic E-state index is 12.4. The average molecular weight is 382 g/mol. The molecule has 0 unspecified atom stereocenters. The van der Waals surface area contributed by atoms with Crippen molar-refractivity contribution in [2.75, 3.05) is 50.1 Å². The van der Waals surface area contributed by atoms with Gasteiger partial charge in [0.05, 0.1) is 13.7 Å². The summed E-state index contributed by atoms with van der Waals surface area (Å²) in [6.07, 6.45) is 2.12. The molecule has 8 heteroatoms. The number of aromatic nitrogens is 1. The van der Waals surface area contributed by atoms with E-state index in [0.717, 1.165) is 30.3 Å². The summed E-state index contributed by atoms with van der Waals surface area (Å²) in [6, 6.07) is 13.3. The van der Waals surface area contributed by atoms with E-state index in [-0.39, 0.29) is 11.9 Å². The number of anilines is 2. The Labute approximate surface area is 165 Å². The van der Waals surface area contributed by atoms with Gasteiger partial charge in [0.1, 0.15) is 11.6 Å². The highest BCUT2D eigenvalue weighted by Crippen LogP contribution is 2.16. The van der Waals surface area contributed by atoms with Crippen molar-refractivity contribution in [1.82, 2.24) is 9.88 Å². The summed E-state index contributed by atoms with van der Waals surface area (Å²) in [5.74, 6) is 2.06. The number of rotatable bonds is 6. The van der Waals surface area contributed by atoms with Crippen LogP contribution in [-0.2, 0) is 4.79 Å². The summed E-state index contributed by atoms with van der Waals surface area (Å²) in [4.78, 5) is 25.1. The Kier molecular flexibility index (Phi) is 6.67. The van der Waals surface area contributed by atoms with Crippen molar-refractivity contribution in [3.05, 3.63) is 48.7 Å².